The predicted octanol–water partition coefficient (Wildman–Crippen LogP) is 2.47. The molecule has 0 aliphatic rings. The molecule has 7 heteroatoms. The Labute approximate surface area is 118 Å². The Kier molecular flexibility index (Phi) is 2.43. The molecule has 0 saturated carbocycles. The third-order valence-corrected chi connectivity index (χ3v) is 3.35. The molecule has 0 unspecified atom stereocenters. The highest BCUT2D eigenvalue weighted by atomic mass is 35.5. The Morgan fingerprint density at radius 3 is 3.00 bits per heavy atom. The summed E-state index contributed by atoms with van der Waals surface area (Å²) in [7, 11) is 0. The molecule has 2 N–H and O–H groups in total. The minimum atomic E-state index is 0.554. The molecule has 6 nitrogen and oxygen atoms in total. The molecule has 4 aromatic heterocycles. The minimum absolute atomic E-state index is 0.554. The van der Waals surface area contributed by atoms with E-state index < -0.39 is 0 Å². The Hall–Kier alpha value is -2.47. The molecule has 4 rings (SSSR count). The molecule has 98 valence electrons. The number of hydrogen-bond acceptors (Lipinski definition) is 4. The lowest BCUT2D eigenvalue weighted by Crippen LogP contribution is -1.95. The van der Waals surface area contributed by atoms with E-state index in [2.05, 4.69) is 29.9 Å². The van der Waals surface area contributed by atoms with E-state index in [4.69, 9.17) is 11.6 Å². The number of imidazole rings is 2. The maximum atomic E-state index is 6.19. The second-order valence-corrected chi connectivity index (χ2v) is 4.84. The van der Waals surface area contributed by atoms with Gasteiger partial charge in [-0.25, -0.2) is 19.9 Å². The maximum absolute atomic E-state index is 6.19. The first-order chi connectivity index (χ1) is 9.79. The van der Waals surface area contributed by atoms with Crippen molar-refractivity contribution in [1.29, 1.82) is 0 Å². The van der Waals surface area contributed by atoms with Crippen LogP contribution in [0.5, 0.6) is 0 Å². The lowest BCUT2D eigenvalue weighted by Gasteiger charge is -1.99. The molecule has 0 aliphatic carbocycles. The van der Waals surface area contributed by atoms with Crippen molar-refractivity contribution in [2.45, 2.75) is 6.42 Å². The molecule has 0 bridgehead atoms. The molecular weight excluding hydrogens is 276 g/mol. The van der Waals surface area contributed by atoms with Crippen molar-refractivity contribution in [3.63, 3.8) is 0 Å². The van der Waals surface area contributed by atoms with Crippen LogP contribution in [0.4, 0.5) is 0 Å². The minimum Gasteiger partial charge on any atom is -0.342 e. The van der Waals surface area contributed by atoms with E-state index in [1.165, 1.54) is 0 Å². The number of nitrogens with one attached hydrogen (secondary N) is 2. The van der Waals surface area contributed by atoms with Gasteiger partial charge in [-0.15, -0.1) is 0 Å². The first-order valence-corrected chi connectivity index (χ1v) is 6.45. The second-order valence-electron chi connectivity index (χ2n) is 4.43. The van der Waals surface area contributed by atoms with E-state index in [1.807, 2.05) is 18.2 Å². The van der Waals surface area contributed by atoms with Crippen molar-refractivity contribution >= 4 is 33.9 Å². The van der Waals surface area contributed by atoms with Gasteiger partial charge in [-0.2, -0.15) is 0 Å². The third kappa shape index (κ3) is 1.81. The average molecular weight is 285 g/mol. The highest BCUT2D eigenvalue weighted by molar-refractivity contribution is 6.34. The van der Waals surface area contributed by atoms with Crippen LogP contribution >= 0.6 is 11.6 Å². The fraction of sp³-hybridized carbons (Fsp3) is 0.0769. The summed E-state index contributed by atoms with van der Waals surface area (Å²) in [6, 6.07) is 5.63. The number of aromatic amines is 2. The zero-order valence-corrected chi connectivity index (χ0v) is 11.0. The Morgan fingerprint density at radius 1 is 1.15 bits per heavy atom. The van der Waals surface area contributed by atoms with Gasteiger partial charge in [-0.05, 0) is 18.2 Å². The summed E-state index contributed by atoms with van der Waals surface area (Å²) in [4.78, 5) is 23.4. The van der Waals surface area contributed by atoms with Gasteiger partial charge in [0.25, 0.3) is 0 Å². The predicted molar refractivity (Wildman–Crippen MR) is 75.6 cm³/mol. The standard InChI is InChI=1S/C13H9ClN6/c14-8-4-7(18-13-11(8)16-6-17-13)5-10-19-9-2-1-3-15-12(9)20-10/h1-4,6H,5H2,(H,15,19,20)(H,16,17,18). The van der Waals surface area contributed by atoms with Crippen LogP contribution in [0, 0.1) is 0 Å². The number of rotatable bonds is 2. The fourth-order valence-corrected chi connectivity index (χ4v) is 2.44. The van der Waals surface area contributed by atoms with Gasteiger partial charge in [0.2, 0.25) is 0 Å². The van der Waals surface area contributed by atoms with Gasteiger partial charge in [-0.3, -0.25) is 0 Å². The van der Waals surface area contributed by atoms with Crippen molar-refractivity contribution in [1.82, 2.24) is 29.9 Å². The molecule has 20 heavy (non-hydrogen) atoms. The van der Waals surface area contributed by atoms with Crippen LogP contribution in [0.25, 0.3) is 22.3 Å². The first-order valence-electron chi connectivity index (χ1n) is 6.08. The summed E-state index contributed by atoms with van der Waals surface area (Å²) in [6.45, 7) is 0. The molecular formula is C13H9ClN6. The maximum Gasteiger partial charge on any atom is 0.179 e. The van der Waals surface area contributed by atoms with Gasteiger partial charge in [0.15, 0.2) is 11.3 Å². The number of pyridine rings is 2. The van der Waals surface area contributed by atoms with Gasteiger partial charge in [0.05, 0.1) is 22.6 Å². The topological polar surface area (TPSA) is 83.1 Å². The van der Waals surface area contributed by atoms with Crippen molar-refractivity contribution in [2.24, 2.45) is 0 Å². The first kappa shape index (κ1) is 11.4. The zero-order chi connectivity index (χ0) is 13.5. The smallest absolute Gasteiger partial charge is 0.179 e. The van der Waals surface area contributed by atoms with E-state index >= 15 is 0 Å². The molecule has 0 amide bonds. The van der Waals surface area contributed by atoms with E-state index in [1.54, 1.807) is 12.5 Å². The van der Waals surface area contributed by atoms with Crippen molar-refractivity contribution < 1.29 is 0 Å². The van der Waals surface area contributed by atoms with Crippen LogP contribution in [0.15, 0.2) is 30.7 Å². The van der Waals surface area contributed by atoms with Crippen LogP contribution in [0.1, 0.15) is 11.5 Å². The summed E-state index contributed by atoms with van der Waals surface area (Å²) in [6.07, 6.45) is 3.86. The van der Waals surface area contributed by atoms with E-state index in [-0.39, 0.29) is 0 Å². The Balaban J connectivity index is 1.76. The van der Waals surface area contributed by atoms with Crippen molar-refractivity contribution in [3.05, 3.63) is 47.3 Å². The average Bonchev–Trinajstić information content (AvgIpc) is 3.04. The van der Waals surface area contributed by atoms with E-state index in [9.17, 15) is 0 Å². The Bertz CT molecular complexity index is 876. The van der Waals surface area contributed by atoms with Crippen LogP contribution in [-0.2, 0) is 6.42 Å². The highest BCUT2D eigenvalue weighted by Gasteiger charge is 2.09. The third-order valence-electron chi connectivity index (χ3n) is 3.06. The van der Waals surface area contributed by atoms with Crippen LogP contribution in [0.2, 0.25) is 5.02 Å². The van der Waals surface area contributed by atoms with Crippen molar-refractivity contribution in [3.8, 4) is 0 Å². The summed E-state index contributed by atoms with van der Waals surface area (Å²) < 4.78 is 0. The van der Waals surface area contributed by atoms with Gasteiger partial charge >= 0.3 is 0 Å². The second kappa shape index (κ2) is 4.28. The Morgan fingerprint density at radius 2 is 2.10 bits per heavy atom. The highest BCUT2D eigenvalue weighted by Crippen LogP contribution is 2.21. The molecule has 0 radical (unpaired) electrons. The number of hydrogen-bond donors (Lipinski definition) is 2. The monoisotopic (exact) mass is 284 g/mol. The van der Waals surface area contributed by atoms with Gasteiger partial charge in [0.1, 0.15) is 11.3 Å². The van der Waals surface area contributed by atoms with Gasteiger partial charge in [-0.1, -0.05) is 11.6 Å². The number of fused-ring (bicyclic) bond motifs is 2. The van der Waals surface area contributed by atoms with Gasteiger partial charge < -0.3 is 9.97 Å². The lowest BCUT2D eigenvalue weighted by molar-refractivity contribution is 0.991. The van der Waals surface area contributed by atoms with Crippen molar-refractivity contribution in [2.75, 3.05) is 0 Å². The molecule has 0 aliphatic heterocycles. The zero-order valence-electron chi connectivity index (χ0n) is 10.3. The van der Waals surface area contributed by atoms with Crippen LogP contribution < -0.4 is 0 Å². The number of aromatic nitrogens is 6. The number of H-pyrrole nitrogens is 2. The summed E-state index contributed by atoms with van der Waals surface area (Å²) in [5, 5.41) is 0.608. The quantitative estimate of drug-likeness (QED) is 0.592. The molecule has 4 aromatic rings. The molecule has 0 spiro atoms. The largest absolute Gasteiger partial charge is 0.342 e. The molecule has 0 atom stereocenters. The SMILES string of the molecule is Clc1cc(Cc2nc3ncccc3[nH]2)nc2nc[nH]c12. The summed E-state index contributed by atoms with van der Waals surface area (Å²) in [5.41, 5.74) is 3.79. The number of nitrogens with zero attached hydrogens (tertiary/aromatic N) is 4. The molecule has 0 aromatic carbocycles. The van der Waals surface area contributed by atoms with Crippen LogP contribution in [-0.4, -0.2) is 29.9 Å². The van der Waals surface area contributed by atoms with E-state index in [0.717, 1.165) is 22.6 Å². The molecule has 4 heterocycles. The van der Waals surface area contributed by atoms with Gasteiger partial charge in [0, 0.05) is 12.6 Å². The van der Waals surface area contributed by atoms with Crippen LogP contribution in [0.3, 0.4) is 0 Å². The fourth-order valence-electron chi connectivity index (χ4n) is 2.18. The molecule has 0 saturated heterocycles. The summed E-state index contributed by atoms with van der Waals surface area (Å²) >= 11 is 6.19. The van der Waals surface area contributed by atoms with E-state index in [0.29, 0.717) is 22.7 Å². The number of halogens is 1. The summed E-state index contributed by atoms with van der Waals surface area (Å²) in [5.74, 6) is 0.803. The normalized spacial score (nSPS) is 11.4. The molecule has 0 fully saturated rings. The lowest BCUT2D eigenvalue weighted by atomic mass is 10.2.